The lowest BCUT2D eigenvalue weighted by molar-refractivity contribution is 0.636. The van der Waals surface area contributed by atoms with Crippen LogP contribution in [0.1, 0.15) is 15.9 Å². The summed E-state index contributed by atoms with van der Waals surface area (Å²) in [5, 5.41) is 4.66. The summed E-state index contributed by atoms with van der Waals surface area (Å²) in [7, 11) is 0. The second kappa shape index (κ2) is 3.23. The van der Waals surface area contributed by atoms with Crippen LogP contribution in [0, 0.1) is 0 Å². The zero-order valence-corrected chi connectivity index (χ0v) is 9.16. The van der Waals surface area contributed by atoms with E-state index in [2.05, 4.69) is 29.6 Å². The van der Waals surface area contributed by atoms with Crippen molar-refractivity contribution >= 4 is 33.0 Å². The summed E-state index contributed by atoms with van der Waals surface area (Å²) in [5.74, 6) is 0. The van der Waals surface area contributed by atoms with Crippen molar-refractivity contribution in [1.82, 2.24) is 5.32 Å². The summed E-state index contributed by atoms with van der Waals surface area (Å²) < 4.78 is 1.35. The van der Waals surface area contributed by atoms with E-state index in [1.165, 1.54) is 20.5 Å². The summed E-state index contributed by atoms with van der Waals surface area (Å²) in [4.78, 5) is 1.30. The Kier molecular flexibility index (Phi) is 2.01. The first-order chi connectivity index (χ1) is 6.86. The molecule has 0 aliphatic carbocycles. The van der Waals surface area contributed by atoms with Crippen LogP contribution in [0.5, 0.6) is 0 Å². The van der Waals surface area contributed by atoms with Crippen molar-refractivity contribution in [3.8, 4) is 0 Å². The standard InChI is InChI=1S/C11H10ClNS/c12-11-10-8(5-6-13-11)7-3-1-2-4-9(7)14-10/h1-4,11,13H,5-6H2. The Hall–Kier alpha value is -0.570. The van der Waals surface area contributed by atoms with Gasteiger partial charge >= 0.3 is 0 Å². The SMILES string of the molecule is ClC1NCCc2c1sc1ccccc21. The summed E-state index contributed by atoms with van der Waals surface area (Å²) in [6.45, 7) is 0.988. The molecule has 1 aliphatic heterocycles. The molecule has 2 heterocycles. The lowest BCUT2D eigenvalue weighted by Gasteiger charge is -2.18. The van der Waals surface area contributed by atoms with E-state index < -0.39 is 0 Å². The fourth-order valence-electron chi connectivity index (χ4n) is 2.00. The van der Waals surface area contributed by atoms with Gasteiger partial charge in [-0.15, -0.1) is 11.3 Å². The van der Waals surface area contributed by atoms with Gasteiger partial charge in [0.05, 0.1) is 0 Å². The van der Waals surface area contributed by atoms with Gasteiger partial charge in [0.25, 0.3) is 0 Å². The molecule has 1 unspecified atom stereocenters. The molecule has 1 aromatic carbocycles. The number of rotatable bonds is 0. The fourth-order valence-corrected chi connectivity index (χ4v) is 3.58. The molecule has 0 saturated carbocycles. The number of halogens is 1. The number of hydrogen-bond acceptors (Lipinski definition) is 2. The third-order valence-corrected chi connectivity index (χ3v) is 4.44. The number of hydrogen-bond donors (Lipinski definition) is 1. The van der Waals surface area contributed by atoms with Crippen molar-refractivity contribution in [2.75, 3.05) is 6.54 Å². The first kappa shape index (κ1) is 8.72. The normalized spacial score (nSPS) is 21.1. The molecule has 2 aromatic rings. The number of fused-ring (bicyclic) bond motifs is 3. The second-order valence-corrected chi connectivity index (χ2v) is 5.03. The van der Waals surface area contributed by atoms with Crippen molar-refractivity contribution in [3.63, 3.8) is 0 Å². The molecule has 1 nitrogen and oxygen atoms in total. The Morgan fingerprint density at radius 3 is 3.14 bits per heavy atom. The molecule has 0 amide bonds. The Labute approximate surface area is 91.7 Å². The van der Waals surface area contributed by atoms with Gasteiger partial charge in [0.15, 0.2) is 0 Å². The van der Waals surface area contributed by atoms with Crippen LogP contribution in [-0.4, -0.2) is 6.54 Å². The fraction of sp³-hybridized carbons (Fsp3) is 0.273. The monoisotopic (exact) mass is 223 g/mol. The summed E-state index contributed by atoms with van der Waals surface area (Å²) >= 11 is 8.03. The molecular formula is C11H10ClNS. The minimum atomic E-state index is 0.0103. The minimum Gasteiger partial charge on any atom is -0.297 e. The zero-order valence-electron chi connectivity index (χ0n) is 7.59. The van der Waals surface area contributed by atoms with Crippen LogP contribution < -0.4 is 5.32 Å². The molecule has 0 spiro atoms. The average molecular weight is 224 g/mol. The molecule has 1 aliphatic rings. The molecule has 3 heteroatoms. The van der Waals surface area contributed by atoms with Gasteiger partial charge in [-0.25, -0.2) is 0 Å². The Morgan fingerprint density at radius 1 is 1.36 bits per heavy atom. The van der Waals surface area contributed by atoms with Crippen LogP contribution >= 0.6 is 22.9 Å². The van der Waals surface area contributed by atoms with Crippen molar-refractivity contribution < 1.29 is 0 Å². The van der Waals surface area contributed by atoms with E-state index in [0.29, 0.717) is 0 Å². The van der Waals surface area contributed by atoms with Crippen LogP contribution in [0.3, 0.4) is 0 Å². The highest BCUT2D eigenvalue weighted by atomic mass is 35.5. The van der Waals surface area contributed by atoms with Gasteiger partial charge in [-0.2, -0.15) is 0 Å². The quantitative estimate of drug-likeness (QED) is 0.534. The van der Waals surface area contributed by atoms with Crippen molar-refractivity contribution in [3.05, 3.63) is 34.7 Å². The lowest BCUT2D eigenvalue weighted by atomic mass is 10.1. The van der Waals surface area contributed by atoms with Crippen molar-refractivity contribution in [1.29, 1.82) is 0 Å². The predicted octanol–water partition coefficient (Wildman–Crippen LogP) is 3.28. The third-order valence-electron chi connectivity index (χ3n) is 2.66. The van der Waals surface area contributed by atoms with E-state index >= 15 is 0 Å². The largest absolute Gasteiger partial charge is 0.297 e. The van der Waals surface area contributed by atoms with Crippen molar-refractivity contribution in [2.45, 2.75) is 11.9 Å². The van der Waals surface area contributed by atoms with E-state index in [9.17, 15) is 0 Å². The maximum absolute atomic E-state index is 6.22. The Balaban J connectivity index is 2.32. The molecule has 0 radical (unpaired) electrons. The Bertz CT molecular complexity index is 477. The summed E-state index contributed by atoms with van der Waals surface area (Å²) in [6, 6.07) is 8.54. The van der Waals surface area contributed by atoms with Gasteiger partial charge in [0.2, 0.25) is 0 Å². The second-order valence-electron chi connectivity index (χ2n) is 3.51. The average Bonchev–Trinajstić information content (AvgIpc) is 2.59. The zero-order chi connectivity index (χ0) is 9.54. The van der Waals surface area contributed by atoms with Crippen LogP contribution in [0.25, 0.3) is 10.1 Å². The third kappa shape index (κ3) is 1.18. The molecule has 0 bridgehead atoms. The number of nitrogens with one attached hydrogen (secondary N) is 1. The van der Waals surface area contributed by atoms with E-state index in [0.717, 1.165) is 13.0 Å². The summed E-state index contributed by atoms with van der Waals surface area (Å²) in [5.41, 5.74) is 1.46. The van der Waals surface area contributed by atoms with Gasteiger partial charge in [0.1, 0.15) is 5.50 Å². The number of thiophene rings is 1. The smallest absolute Gasteiger partial charge is 0.118 e. The number of alkyl halides is 1. The highest BCUT2D eigenvalue weighted by Gasteiger charge is 2.21. The molecule has 1 aromatic heterocycles. The maximum atomic E-state index is 6.22. The molecule has 14 heavy (non-hydrogen) atoms. The highest BCUT2D eigenvalue weighted by Crippen LogP contribution is 2.38. The minimum absolute atomic E-state index is 0.0103. The first-order valence-corrected chi connectivity index (χ1v) is 5.99. The molecule has 0 saturated heterocycles. The van der Waals surface area contributed by atoms with E-state index in [-0.39, 0.29) is 5.50 Å². The topological polar surface area (TPSA) is 12.0 Å². The van der Waals surface area contributed by atoms with E-state index in [4.69, 9.17) is 11.6 Å². The highest BCUT2D eigenvalue weighted by molar-refractivity contribution is 7.19. The Morgan fingerprint density at radius 2 is 2.21 bits per heavy atom. The van der Waals surface area contributed by atoms with E-state index in [1.54, 1.807) is 0 Å². The summed E-state index contributed by atoms with van der Waals surface area (Å²) in [6.07, 6.45) is 1.10. The predicted molar refractivity (Wildman–Crippen MR) is 62.1 cm³/mol. The van der Waals surface area contributed by atoms with Gasteiger partial charge < -0.3 is 0 Å². The molecule has 0 fully saturated rings. The molecule has 3 rings (SSSR count). The van der Waals surface area contributed by atoms with Crippen LogP contribution in [0.15, 0.2) is 24.3 Å². The van der Waals surface area contributed by atoms with Gasteiger partial charge in [0, 0.05) is 16.1 Å². The van der Waals surface area contributed by atoms with E-state index in [1.807, 2.05) is 11.3 Å². The van der Waals surface area contributed by atoms with Gasteiger partial charge in [-0.1, -0.05) is 29.8 Å². The van der Waals surface area contributed by atoms with Gasteiger partial charge in [-0.3, -0.25) is 5.32 Å². The molecule has 1 atom stereocenters. The number of benzene rings is 1. The van der Waals surface area contributed by atoms with Gasteiger partial charge in [-0.05, 0) is 23.4 Å². The van der Waals surface area contributed by atoms with Crippen LogP contribution in [-0.2, 0) is 6.42 Å². The molecule has 72 valence electrons. The lowest BCUT2D eigenvalue weighted by Crippen LogP contribution is -2.24. The molecular weight excluding hydrogens is 214 g/mol. The first-order valence-electron chi connectivity index (χ1n) is 4.74. The van der Waals surface area contributed by atoms with Crippen LogP contribution in [0.4, 0.5) is 0 Å². The maximum Gasteiger partial charge on any atom is 0.118 e. The van der Waals surface area contributed by atoms with Crippen molar-refractivity contribution in [2.24, 2.45) is 0 Å². The van der Waals surface area contributed by atoms with Crippen LogP contribution in [0.2, 0.25) is 0 Å². The molecule has 1 N–H and O–H groups in total.